The first kappa shape index (κ1) is 23.9. The van der Waals surface area contributed by atoms with Crippen LogP contribution in [0.5, 0.6) is 0 Å². The molecule has 1 aliphatic carbocycles. The van der Waals surface area contributed by atoms with E-state index in [1.54, 1.807) is 6.92 Å². The first-order chi connectivity index (χ1) is 16.5. The van der Waals surface area contributed by atoms with E-state index in [0.29, 0.717) is 13.0 Å². The van der Waals surface area contributed by atoms with Gasteiger partial charge in [0.05, 0.1) is 0 Å². The van der Waals surface area contributed by atoms with E-state index in [2.05, 4.69) is 15.6 Å². The molecule has 3 N–H and O–H groups in total. The monoisotopic (exact) mass is 461 g/mol. The number of amides is 2. The van der Waals surface area contributed by atoms with Crippen molar-refractivity contribution in [2.24, 2.45) is 0 Å². The number of aromatic amines is 1. The van der Waals surface area contributed by atoms with Crippen molar-refractivity contribution in [3.8, 4) is 0 Å². The first-order valence-corrected chi connectivity index (χ1v) is 12.4. The molecule has 0 saturated heterocycles. The number of benzene rings is 2. The molecule has 3 aromatic rings. The maximum absolute atomic E-state index is 13.4. The second kappa shape index (κ2) is 11.2. The first-order valence-electron chi connectivity index (χ1n) is 12.4. The molecule has 1 unspecified atom stereocenters. The fourth-order valence-corrected chi connectivity index (χ4v) is 4.77. The number of carbonyl (C=O) groups is 2. The van der Waals surface area contributed by atoms with Crippen LogP contribution >= 0.6 is 0 Å². The Bertz CT molecular complexity index is 1090. The molecule has 0 spiro atoms. The van der Waals surface area contributed by atoms with Crippen LogP contribution in [0.1, 0.15) is 56.6 Å². The quantitative estimate of drug-likeness (QED) is 0.399. The molecule has 2 aromatic carbocycles. The molecule has 4 rings (SSSR count). The van der Waals surface area contributed by atoms with Crippen molar-refractivity contribution >= 4 is 22.9 Å². The summed E-state index contributed by atoms with van der Waals surface area (Å²) in [6.45, 7) is 2.27. The summed E-state index contributed by atoms with van der Waals surface area (Å²) in [5.74, 6) is -0.216. The van der Waals surface area contributed by atoms with Gasteiger partial charge in [0.1, 0.15) is 11.6 Å². The molecule has 1 heterocycles. The maximum atomic E-state index is 13.4. The summed E-state index contributed by atoms with van der Waals surface area (Å²) in [6.07, 6.45) is 8.68. The van der Waals surface area contributed by atoms with Crippen molar-refractivity contribution in [3.63, 3.8) is 0 Å². The van der Waals surface area contributed by atoms with Crippen LogP contribution in [0.4, 0.5) is 4.79 Å². The van der Waals surface area contributed by atoms with Gasteiger partial charge in [0.25, 0.3) is 0 Å². The van der Waals surface area contributed by atoms with Gasteiger partial charge in [-0.1, -0.05) is 61.4 Å². The molecule has 6 heteroatoms. The standard InChI is InChI=1S/C28H35N3O3/c1-28(19-22-20-30-25-16-10-9-15-24(22)25,26(32)29-18-17-21-11-5-4-6-12-21)31-27(33)34-23-13-7-2-3-8-14-23/h4-6,9-12,15-16,20,23,30H,2-3,7-8,13-14,17-19H2,1H3,(H,29,32)(H,31,33). The number of fused-ring (bicyclic) bond motifs is 1. The molecule has 0 radical (unpaired) electrons. The molecule has 1 fully saturated rings. The third-order valence-electron chi connectivity index (χ3n) is 6.72. The topological polar surface area (TPSA) is 83.2 Å². The second-order valence-corrected chi connectivity index (χ2v) is 9.50. The molecule has 1 atom stereocenters. The van der Waals surface area contributed by atoms with E-state index in [-0.39, 0.29) is 12.0 Å². The average Bonchev–Trinajstić information content (AvgIpc) is 3.05. The normalized spacial score (nSPS) is 16.4. The fourth-order valence-electron chi connectivity index (χ4n) is 4.77. The Hall–Kier alpha value is -3.28. The largest absolute Gasteiger partial charge is 0.446 e. The molecule has 0 aliphatic heterocycles. The van der Waals surface area contributed by atoms with Crippen molar-refractivity contribution < 1.29 is 14.3 Å². The highest BCUT2D eigenvalue weighted by Gasteiger charge is 2.37. The molecule has 1 aromatic heterocycles. The van der Waals surface area contributed by atoms with Gasteiger partial charge in [-0.3, -0.25) is 4.79 Å². The highest BCUT2D eigenvalue weighted by Crippen LogP contribution is 2.24. The molecule has 6 nitrogen and oxygen atoms in total. The number of H-pyrrole nitrogens is 1. The molecular weight excluding hydrogens is 426 g/mol. The van der Waals surface area contributed by atoms with E-state index in [9.17, 15) is 9.59 Å². The number of ether oxygens (including phenoxy) is 1. The van der Waals surface area contributed by atoms with Crippen LogP contribution in [0.15, 0.2) is 60.8 Å². The summed E-state index contributed by atoms with van der Waals surface area (Å²) < 4.78 is 5.76. The van der Waals surface area contributed by atoms with E-state index in [1.165, 1.54) is 12.8 Å². The van der Waals surface area contributed by atoms with Crippen molar-refractivity contribution in [3.05, 3.63) is 71.9 Å². The number of alkyl carbamates (subject to hydrolysis) is 1. The van der Waals surface area contributed by atoms with Gasteiger partial charge in [0.15, 0.2) is 0 Å². The summed E-state index contributed by atoms with van der Waals surface area (Å²) in [4.78, 5) is 29.6. The van der Waals surface area contributed by atoms with E-state index < -0.39 is 11.6 Å². The lowest BCUT2D eigenvalue weighted by Crippen LogP contribution is -2.58. The lowest BCUT2D eigenvalue weighted by atomic mass is 9.91. The third-order valence-corrected chi connectivity index (χ3v) is 6.72. The van der Waals surface area contributed by atoms with Crippen LogP contribution < -0.4 is 10.6 Å². The Kier molecular flexibility index (Phi) is 7.88. The van der Waals surface area contributed by atoms with E-state index in [0.717, 1.165) is 54.1 Å². The zero-order chi connectivity index (χ0) is 23.8. The van der Waals surface area contributed by atoms with Crippen molar-refractivity contribution in [2.45, 2.75) is 69.9 Å². The van der Waals surface area contributed by atoms with Crippen LogP contribution in [0.2, 0.25) is 0 Å². The van der Waals surface area contributed by atoms with Crippen molar-refractivity contribution in [1.82, 2.24) is 15.6 Å². The van der Waals surface area contributed by atoms with E-state index in [4.69, 9.17) is 4.74 Å². The van der Waals surface area contributed by atoms with Crippen LogP contribution in [0, 0.1) is 0 Å². The second-order valence-electron chi connectivity index (χ2n) is 9.50. The summed E-state index contributed by atoms with van der Waals surface area (Å²) in [5.41, 5.74) is 1.99. The molecule has 1 aliphatic rings. The molecule has 34 heavy (non-hydrogen) atoms. The minimum Gasteiger partial charge on any atom is -0.446 e. The Morgan fingerprint density at radius 3 is 2.47 bits per heavy atom. The molecule has 0 bridgehead atoms. The SMILES string of the molecule is CC(Cc1c[nH]c2ccccc12)(NC(=O)OC1CCCCCC1)C(=O)NCCc1ccccc1. The smallest absolute Gasteiger partial charge is 0.408 e. The maximum Gasteiger partial charge on any atom is 0.408 e. The average molecular weight is 462 g/mol. The number of hydrogen-bond acceptors (Lipinski definition) is 3. The Morgan fingerprint density at radius 2 is 1.71 bits per heavy atom. The number of carbonyl (C=O) groups excluding carboxylic acids is 2. The fraction of sp³-hybridized carbons (Fsp3) is 0.429. The third kappa shape index (κ3) is 6.19. The molecule has 2 amide bonds. The lowest BCUT2D eigenvalue weighted by Gasteiger charge is -2.30. The zero-order valence-electron chi connectivity index (χ0n) is 19.9. The highest BCUT2D eigenvalue weighted by atomic mass is 16.6. The Labute approximate surface area is 201 Å². The minimum atomic E-state index is -1.15. The van der Waals surface area contributed by atoms with E-state index in [1.807, 2.05) is 60.8 Å². The number of para-hydroxylation sites is 1. The van der Waals surface area contributed by atoms with Crippen molar-refractivity contribution in [2.75, 3.05) is 6.54 Å². The van der Waals surface area contributed by atoms with Crippen LogP contribution in [0.3, 0.4) is 0 Å². The van der Waals surface area contributed by atoms with Crippen LogP contribution in [0.25, 0.3) is 10.9 Å². The zero-order valence-corrected chi connectivity index (χ0v) is 19.9. The summed E-state index contributed by atoms with van der Waals surface area (Å²) in [6, 6.07) is 18.0. The Morgan fingerprint density at radius 1 is 1.00 bits per heavy atom. The van der Waals surface area contributed by atoms with E-state index >= 15 is 0 Å². The van der Waals surface area contributed by atoms with Gasteiger partial charge in [-0.15, -0.1) is 0 Å². The molecule has 1 saturated carbocycles. The predicted octanol–water partition coefficient (Wildman–Crippen LogP) is 5.28. The lowest BCUT2D eigenvalue weighted by molar-refractivity contribution is -0.126. The highest BCUT2D eigenvalue weighted by molar-refractivity contribution is 5.91. The van der Waals surface area contributed by atoms with Gasteiger partial charge in [0, 0.05) is 30.1 Å². The van der Waals surface area contributed by atoms with Crippen LogP contribution in [-0.2, 0) is 22.4 Å². The van der Waals surface area contributed by atoms with Crippen LogP contribution in [-0.4, -0.2) is 35.2 Å². The van der Waals surface area contributed by atoms with Gasteiger partial charge in [0.2, 0.25) is 5.91 Å². The summed E-state index contributed by atoms with van der Waals surface area (Å²) in [7, 11) is 0. The van der Waals surface area contributed by atoms with Gasteiger partial charge < -0.3 is 20.4 Å². The Balaban J connectivity index is 1.47. The number of aromatic nitrogens is 1. The summed E-state index contributed by atoms with van der Waals surface area (Å²) >= 11 is 0. The van der Waals surface area contributed by atoms with Gasteiger partial charge in [-0.2, -0.15) is 0 Å². The number of nitrogens with one attached hydrogen (secondary N) is 3. The predicted molar refractivity (Wildman–Crippen MR) is 135 cm³/mol. The minimum absolute atomic E-state index is 0.0824. The van der Waals surface area contributed by atoms with Crippen molar-refractivity contribution in [1.29, 1.82) is 0 Å². The van der Waals surface area contributed by atoms with Gasteiger partial charge in [-0.25, -0.2) is 4.79 Å². The molecule has 180 valence electrons. The van der Waals surface area contributed by atoms with Gasteiger partial charge >= 0.3 is 6.09 Å². The number of rotatable bonds is 8. The van der Waals surface area contributed by atoms with Gasteiger partial charge in [-0.05, 0) is 56.2 Å². The summed E-state index contributed by atoms with van der Waals surface area (Å²) in [5, 5.41) is 7.00. The number of hydrogen-bond donors (Lipinski definition) is 3. The molecular formula is C28H35N3O3.